The van der Waals surface area contributed by atoms with Gasteiger partial charge in [0.15, 0.2) is 11.4 Å². The first-order chi connectivity index (χ1) is 12.9. The van der Waals surface area contributed by atoms with Gasteiger partial charge in [0.25, 0.3) is 11.8 Å². The Labute approximate surface area is 154 Å². The van der Waals surface area contributed by atoms with E-state index < -0.39 is 17.7 Å². The SMILES string of the molecule is COc1cc(C(=O)NCCc2ccc(F)cc2)cnc1C(=O)NC(=O)CN. The molecule has 1 aromatic heterocycles. The molecular weight excluding hydrogens is 355 g/mol. The van der Waals surface area contributed by atoms with Gasteiger partial charge in [-0.15, -0.1) is 0 Å². The zero-order chi connectivity index (χ0) is 19.8. The summed E-state index contributed by atoms with van der Waals surface area (Å²) in [5, 5.41) is 4.76. The summed E-state index contributed by atoms with van der Waals surface area (Å²) < 4.78 is 17.9. The van der Waals surface area contributed by atoms with Gasteiger partial charge in [0.1, 0.15) is 5.82 Å². The third-order valence-corrected chi connectivity index (χ3v) is 3.60. The average molecular weight is 374 g/mol. The summed E-state index contributed by atoms with van der Waals surface area (Å²) in [4.78, 5) is 39.3. The number of carbonyl (C=O) groups is 3. The first-order valence-electron chi connectivity index (χ1n) is 8.05. The Bertz CT molecular complexity index is 840. The van der Waals surface area contributed by atoms with Crippen molar-refractivity contribution in [1.29, 1.82) is 0 Å². The normalized spacial score (nSPS) is 10.2. The molecule has 0 saturated carbocycles. The topological polar surface area (TPSA) is 123 Å². The van der Waals surface area contributed by atoms with E-state index in [-0.39, 0.29) is 29.4 Å². The van der Waals surface area contributed by atoms with Crippen molar-refractivity contribution >= 4 is 17.7 Å². The second kappa shape index (κ2) is 9.39. The maximum Gasteiger partial charge on any atom is 0.280 e. The fourth-order valence-electron chi connectivity index (χ4n) is 2.21. The highest BCUT2D eigenvalue weighted by atomic mass is 19.1. The van der Waals surface area contributed by atoms with E-state index >= 15 is 0 Å². The fourth-order valence-corrected chi connectivity index (χ4v) is 2.21. The second-order valence-electron chi connectivity index (χ2n) is 5.49. The molecule has 0 spiro atoms. The molecule has 0 saturated heterocycles. The Hall–Kier alpha value is -3.33. The number of rotatable bonds is 7. The van der Waals surface area contributed by atoms with Gasteiger partial charge in [-0.2, -0.15) is 0 Å². The van der Waals surface area contributed by atoms with Gasteiger partial charge in [-0.1, -0.05) is 12.1 Å². The molecule has 3 amide bonds. The zero-order valence-corrected chi connectivity index (χ0v) is 14.6. The van der Waals surface area contributed by atoms with Crippen molar-refractivity contribution in [1.82, 2.24) is 15.6 Å². The Balaban J connectivity index is 2.00. The number of amides is 3. The van der Waals surface area contributed by atoms with E-state index in [9.17, 15) is 18.8 Å². The third kappa shape index (κ3) is 5.58. The Morgan fingerprint density at radius 1 is 1.19 bits per heavy atom. The molecule has 0 aliphatic heterocycles. The number of benzene rings is 1. The van der Waals surface area contributed by atoms with Gasteiger partial charge in [-0.05, 0) is 30.2 Å². The third-order valence-electron chi connectivity index (χ3n) is 3.60. The van der Waals surface area contributed by atoms with Crippen molar-refractivity contribution in [2.75, 3.05) is 20.2 Å². The summed E-state index contributed by atoms with van der Waals surface area (Å²) in [7, 11) is 1.31. The molecule has 1 aromatic carbocycles. The van der Waals surface area contributed by atoms with Crippen LogP contribution >= 0.6 is 0 Å². The van der Waals surface area contributed by atoms with Crippen LogP contribution in [0.25, 0.3) is 0 Å². The van der Waals surface area contributed by atoms with Crippen LogP contribution in [0.1, 0.15) is 26.4 Å². The number of carbonyl (C=O) groups excluding carboxylic acids is 3. The molecule has 0 fully saturated rings. The lowest BCUT2D eigenvalue weighted by molar-refractivity contribution is -0.118. The Morgan fingerprint density at radius 3 is 2.52 bits per heavy atom. The van der Waals surface area contributed by atoms with Crippen LogP contribution in [0.15, 0.2) is 36.5 Å². The number of imide groups is 1. The number of methoxy groups -OCH3 is 1. The van der Waals surface area contributed by atoms with Crippen LogP contribution in [0.5, 0.6) is 5.75 Å². The van der Waals surface area contributed by atoms with E-state index in [1.165, 1.54) is 31.5 Å². The lowest BCUT2D eigenvalue weighted by Gasteiger charge is -2.10. The highest BCUT2D eigenvalue weighted by Crippen LogP contribution is 2.17. The molecule has 142 valence electrons. The molecule has 0 bridgehead atoms. The van der Waals surface area contributed by atoms with Crippen molar-refractivity contribution in [3.63, 3.8) is 0 Å². The van der Waals surface area contributed by atoms with Crippen LogP contribution in [-0.2, 0) is 11.2 Å². The summed E-state index contributed by atoms with van der Waals surface area (Å²) in [6.07, 6.45) is 1.73. The Morgan fingerprint density at radius 2 is 1.89 bits per heavy atom. The summed E-state index contributed by atoms with van der Waals surface area (Å²) in [6, 6.07) is 7.34. The number of nitrogens with zero attached hydrogens (tertiary/aromatic N) is 1. The quantitative estimate of drug-likeness (QED) is 0.645. The highest BCUT2D eigenvalue weighted by Gasteiger charge is 2.18. The van der Waals surface area contributed by atoms with Gasteiger partial charge in [-0.3, -0.25) is 19.7 Å². The van der Waals surface area contributed by atoms with Crippen LogP contribution in [-0.4, -0.2) is 42.9 Å². The second-order valence-corrected chi connectivity index (χ2v) is 5.49. The number of hydrogen-bond acceptors (Lipinski definition) is 6. The van der Waals surface area contributed by atoms with Crippen molar-refractivity contribution < 1.29 is 23.5 Å². The minimum Gasteiger partial charge on any atom is -0.494 e. The first kappa shape index (κ1) is 20.0. The molecule has 27 heavy (non-hydrogen) atoms. The number of halogens is 1. The molecule has 2 rings (SSSR count). The van der Waals surface area contributed by atoms with Crippen molar-refractivity contribution in [2.24, 2.45) is 5.73 Å². The molecule has 9 heteroatoms. The summed E-state index contributed by atoms with van der Waals surface area (Å²) >= 11 is 0. The molecule has 0 aliphatic carbocycles. The van der Waals surface area contributed by atoms with Gasteiger partial charge in [-0.25, -0.2) is 9.37 Å². The predicted octanol–water partition coefficient (Wildman–Crippen LogP) is 0.417. The molecule has 0 radical (unpaired) electrons. The van der Waals surface area contributed by atoms with Crippen molar-refractivity contribution in [2.45, 2.75) is 6.42 Å². The molecule has 1 heterocycles. The van der Waals surface area contributed by atoms with Gasteiger partial charge in [0, 0.05) is 12.7 Å². The standard InChI is InChI=1S/C18H19FN4O4/c1-27-14-8-12(10-22-16(14)18(26)23-15(24)9-20)17(25)21-7-6-11-2-4-13(19)5-3-11/h2-5,8,10H,6-7,9,20H2,1H3,(H,21,25)(H,23,24,26). The first-order valence-corrected chi connectivity index (χ1v) is 8.05. The molecular formula is C18H19FN4O4. The monoisotopic (exact) mass is 374 g/mol. The number of nitrogens with two attached hydrogens (primary N) is 1. The van der Waals surface area contributed by atoms with E-state index in [4.69, 9.17) is 10.5 Å². The van der Waals surface area contributed by atoms with Crippen molar-refractivity contribution in [3.05, 3.63) is 59.2 Å². The van der Waals surface area contributed by atoms with E-state index in [0.29, 0.717) is 13.0 Å². The highest BCUT2D eigenvalue weighted by molar-refractivity contribution is 6.06. The minimum absolute atomic E-state index is 0.0449. The number of pyridine rings is 1. The van der Waals surface area contributed by atoms with Crippen LogP contribution in [0.2, 0.25) is 0 Å². The number of hydrogen-bond donors (Lipinski definition) is 3. The van der Waals surface area contributed by atoms with Gasteiger partial charge in [0.2, 0.25) is 5.91 Å². The molecule has 0 atom stereocenters. The van der Waals surface area contributed by atoms with Gasteiger partial charge < -0.3 is 15.8 Å². The predicted molar refractivity (Wildman–Crippen MR) is 94.8 cm³/mol. The average Bonchev–Trinajstić information content (AvgIpc) is 2.68. The van der Waals surface area contributed by atoms with E-state index in [0.717, 1.165) is 5.56 Å². The molecule has 8 nitrogen and oxygen atoms in total. The number of nitrogens with one attached hydrogen (secondary N) is 2. The van der Waals surface area contributed by atoms with E-state index in [1.54, 1.807) is 12.1 Å². The Kier molecular flexibility index (Phi) is 6.95. The van der Waals surface area contributed by atoms with Crippen LogP contribution < -0.4 is 21.1 Å². The van der Waals surface area contributed by atoms with Crippen LogP contribution in [0.4, 0.5) is 4.39 Å². The molecule has 0 unspecified atom stereocenters. The van der Waals surface area contributed by atoms with Gasteiger partial charge in [0.05, 0.1) is 19.2 Å². The van der Waals surface area contributed by atoms with E-state index in [2.05, 4.69) is 15.6 Å². The number of ether oxygens (including phenoxy) is 1. The van der Waals surface area contributed by atoms with Crippen LogP contribution in [0, 0.1) is 5.82 Å². The smallest absolute Gasteiger partial charge is 0.280 e. The van der Waals surface area contributed by atoms with Crippen LogP contribution in [0.3, 0.4) is 0 Å². The van der Waals surface area contributed by atoms with Gasteiger partial charge >= 0.3 is 0 Å². The molecule has 0 aliphatic rings. The van der Waals surface area contributed by atoms with E-state index in [1.807, 2.05) is 0 Å². The lowest BCUT2D eigenvalue weighted by Crippen LogP contribution is -2.36. The van der Waals surface area contributed by atoms with Crippen molar-refractivity contribution in [3.8, 4) is 5.75 Å². The lowest BCUT2D eigenvalue weighted by atomic mass is 10.1. The minimum atomic E-state index is -0.773. The number of aromatic nitrogens is 1. The largest absolute Gasteiger partial charge is 0.494 e. The summed E-state index contributed by atoms with van der Waals surface area (Å²) in [5.41, 5.74) is 6.07. The molecule has 4 N–H and O–H groups in total. The maximum atomic E-state index is 12.9. The molecule has 2 aromatic rings. The zero-order valence-electron chi connectivity index (χ0n) is 14.6. The maximum absolute atomic E-state index is 12.9. The fraction of sp³-hybridized carbons (Fsp3) is 0.222. The summed E-state index contributed by atoms with van der Waals surface area (Å²) in [6.45, 7) is -0.0113. The summed E-state index contributed by atoms with van der Waals surface area (Å²) in [5.74, 6) is -2.12.